The van der Waals surface area contributed by atoms with E-state index in [0.717, 1.165) is 10.9 Å². The molecule has 2 aromatic rings. The molecule has 102 valence electrons. The molecule has 0 saturated heterocycles. The lowest BCUT2D eigenvalue weighted by atomic mass is 10.2. The Morgan fingerprint density at radius 1 is 1.47 bits per heavy atom. The van der Waals surface area contributed by atoms with E-state index >= 15 is 0 Å². The maximum Gasteiger partial charge on any atom is 0.267 e. The van der Waals surface area contributed by atoms with Crippen LogP contribution in [0.1, 0.15) is 30.3 Å². The first-order valence-corrected chi connectivity index (χ1v) is 6.72. The van der Waals surface area contributed by atoms with Crippen LogP contribution < -0.4 is 5.32 Å². The number of hydrogen-bond donors (Lipinski definition) is 3. The van der Waals surface area contributed by atoms with Crippen molar-refractivity contribution in [3.63, 3.8) is 0 Å². The molecule has 0 aliphatic heterocycles. The lowest BCUT2D eigenvalue weighted by molar-refractivity contribution is 0.0938. The van der Waals surface area contributed by atoms with Crippen molar-refractivity contribution in [3.8, 4) is 0 Å². The lowest BCUT2D eigenvalue weighted by Gasteiger charge is -2.07. The quantitative estimate of drug-likeness (QED) is 0.788. The van der Waals surface area contributed by atoms with Crippen LogP contribution in [0.25, 0.3) is 10.9 Å². The molecule has 1 aromatic carbocycles. The second kappa shape index (κ2) is 6.08. The van der Waals surface area contributed by atoms with Gasteiger partial charge >= 0.3 is 0 Å². The average molecular weight is 281 g/mol. The number of amides is 1. The number of nitrogens with one attached hydrogen (secondary N) is 2. The number of rotatable bonds is 5. The second-order valence-corrected chi connectivity index (χ2v) is 4.96. The van der Waals surface area contributed by atoms with Gasteiger partial charge in [0.1, 0.15) is 5.69 Å². The first kappa shape index (κ1) is 13.9. The smallest absolute Gasteiger partial charge is 0.267 e. The SMILES string of the molecule is CCC(O)CCNC(=O)c1cc2cc(Cl)ccc2[nH]1. The van der Waals surface area contributed by atoms with Gasteiger partial charge in [-0.3, -0.25) is 4.79 Å². The highest BCUT2D eigenvalue weighted by molar-refractivity contribution is 6.31. The van der Waals surface area contributed by atoms with Gasteiger partial charge < -0.3 is 15.4 Å². The third-order valence-corrected chi connectivity index (χ3v) is 3.30. The number of carbonyl (C=O) groups excluding carboxylic acids is 1. The van der Waals surface area contributed by atoms with Crippen LogP contribution in [0.4, 0.5) is 0 Å². The van der Waals surface area contributed by atoms with Gasteiger partial charge in [-0.1, -0.05) is 18.5 Å². The molecule has 0 aliphatic carbocycles. The number of benzene rings is 1. The molecule has 0 spiro atoms. The number of aromatic nitrogens is 1. The van der Waals surface area contributed by atoms with Crippen LogP contribution in [0, 0.1) is 0 Å². The molecule has 0 saturated carbocycles. The Labute approximate surface area is 116 Å². The van der Waals surface area contributed by atoms with Crippen molar-refractivity contribution in [2.24, 2.45) is 0 Å². The topological polar surface area (TPSA) is 65.1 Å². The van der Waals surface area contributed by atoms with Crippen molar-refractivity contribution >= 4 is 28.4 Å². The van der Waals surface area contributed by atoms with E-state index in [-0.39, 0.29) is 12.0 Å². The zero-order chi connectivity index (χ0) is 13.8. The highest BCUT2D eigenvalue weighted by Gasteiger charge is 2.10. The largest absolute Gasteiger partial charge is 0.393 e. The molecular weight excluding hydrogens is 264 g/mol. The molecule has 4 nitrogen and oxygen atoms in total. The molecule has 5 heteroatoms. The molecular formula is C14H17ClN2O2. The molecule has 2 rings (SSSR count). The molecule has 3 N–H and O–H groups in total. The van der Waals surface area contributed by atoms with Crippen LogP contribution in [0.2, 0.25) is 5.02 Å². The number of fused-ring (bicyclic) bond motifs is 1. The summed E-state index contributed by atoms with van der Waals surface area (Å²) >= 11 is 5.90. The second-order valence-electron chi connectivity index (χ2n) is 4.52. The highest BCUT2D eigenvalue weighted by atomic mass is 35.5. The van der Waals surface area contributed by atoms with Gasteiger partial charge in [0, 0.05) is 22.5 Å². The Hall–Kier alpha value is -1.52. The Morgan fingerprint density at radius 3 is 3.00 bits per heavy atom. The van der Waals surface area contributed by atoms with E-state index < -0.39 is 0 Å². The lowest BCUT2D eigenvalue weighted by Crippen LogP contribution is -2.27. The summed E-state index contributed by atoms with van der Waals surface area (Å²) in [5.74, 6) is -0.171. The summed E-state index contributed by atoms with van der Waals surface area (Å²) in [6.07, 6.45) is 0.900. The minimum atomic E-state index is -0.359. The normalized spacial score (nSPS) is 12.6. The monoisotopic (exact) mass is 280 g/mol. The molecule has 0 radical (unpaired) electrons. The first-order chi connectivity index (χ1) is 9.10. The summed E-state index contributed by atoms with van der Waals surface area (Å²) in [6.45, 7) is 2.37. The van der Waals surface area contributed by atoms with Crippen molar-refractivity contribution in [2.45, 2.75) is 25.9 Å². The Kier molecular flexibility index (Phi) is 4.45. The summed E-state index contributed by atoms with van der Waals surface area (Å²) in [7, 11) is 0. The molecule has 1 heterocycles. The fourth-order valence-corrected chi connectivity index (χ4v) is 2.06. The first-order valence-electron chi connectivity index (χ1n) is 6.34. The predicted octanol–water partition coefficient (Wildman–Crippen LogP) is 2.71. The van der Waals surface area contributed by atoms with Crippen molar-refractivity contribution in [1.82, 2.24) is 10.3 Å². The van der Waals surface area contributed by atoms with E-state index in [9.17, 15) is 9.90 Å². The molecule has 1 atom stereocenters. The molecule has 0 aliphatic rings. The average Bonchev–Trinajstić information content (AvgIpc) is 2.81. The van der Waals surface area contributed by atoms with E-state index in [1.807, 2.05) is 19.1 Å². The van der Waals surface area contributed by atoms with E-state index in [1.165, 1.54) is 0 Å². The predicted molar refractivity (Wildman–Crippen MR) is 76.6 cm³/mol. The van der Waals surface area contributed by atoms with Crippen molar-refractivity contribution in [2.75, 3.05) is 6.54 Å². The summed E-state index contributed by atoms with van der Waals surface area (Å²) in [5.41, 5.74) is 1.38. The van der Waals surface area contributed by atoms with E-state index in [2.05, 4.69) is 10.3 Å². The third kappa shape index (κ3) is 3.49. The Balaban J connectivity index is 2.01. The summed E-state index contributed by atoms with van der Waals surface area (Å²) < 4.78 is 0. The van der Waals surface area contributed by atoms with Crippen LogP contribution >= 0.6 is 11.6 Å². The van der Waals surface area contributed by atoms with Gasteiger partial charge in [-0.2, -0.15) is 0 Å². The molecule has 19 heavy (non-hydrogen) atoms. The number of aliphatic hydroxyl groups is 1. The van der Waals surface area contributed by atoms with Crippen molar-refractivity contribution in [3.05, 3.63) is 35.0 Å². The van der Waals surface area contributed by atoms with Gasteiger partial charge in [-0.15, -0.1) is 0 Å². The molecule has 0 bridgehead atoms. The molecule has 1 unspecified atom stereocenters. The fourth-order valence-electron chi connectivity index (χ4n) is 1.88. The van der Waals surface area contributed by atoms with Crippen LogP contribution in [-0.2, 0) is 0 Å². The number of halogens is 1. The minimum Gasteiger partial charge on any atom is -0.393 e. The Bertz CT molecular complexity index is 580. The van der Waals surface area contributed by atoms with Crippen LogP contribution in [-0.4, -0.2) is 28.6 Å². The van der Waals surface area contributed by atoms with Crippen LogP contribution in [0.5, 0.6) is 0 Å². The zero-order valence-electron chi connectivity index (χ0n) is 10.7. The summed E-state index contributed by atoms with van der Waals surface area (Å²) in [5, 5.41) is 13.7. The number of aliphatic hydroxyl groups excluding tert-OH is 1. The van der Waals surface area contributed by atoms with Gasteiger partial charge in [0.25, 0.3) is 5.91 Å². The Morgan fingerprint density at radius 2 is 2.26 bits per heavy atom. The number of aromatic amines is 1. The van der Waals surface area contributed by atoms with Gasteiger partial charge in [0.2, 0.25) is 0 Å². The number of carbonyl (C=O) groups is 1. The van der Waals surface area contributed by atoms with E-state index in [1.54, 1.807) is 12.1 Å². The van der Waals surface area contributed by atoms with Crippen LogP contribution in [0.3, 0.4) is 0 Å². The van der Waals surface area contributed by atoms with Gasteiger partial charge in [0.05, 0.1) is 6.10 Å². The van der Waals surface area contributed by atoms with Crippen molar-refractivity contribution in [1.29, 1.82) is 0 Å². The van der Waals surface area contributed by atoms with Gasteiger partial charge in [0.15, 0.2) is 0 Å². The third-order valence-electron chi connectivity index (χ3n) is 3.06. The standard InChI is InChI=1S/C14H17ClN2O2/c1-2-11(18)5-6-16-14(19)13-8-9-7-10(15)3-4-12(9)17-13/h3-4,7-8,11,17-18H,2,5-6H2,1H3,(H,16,19). The molecule has 1 aromatic heterocycles. The minimum absolute atomic E-state index is 0.171. The highest BCUT2D eigenvalue weighted by Crippen LogP contribution is 2.19. The number of hydrogen-bond acceptors (Lipinski definition) is 2. The van der Waals surface area contributed by atoms with E-state index in [0.29, 0.717) is 30.1 Å². The summed E-state index contributed by atoms with van der Waals surface area (Å²) in [4.78, 5) is 15.0. The van der Waals surface area contributed by atoms with E-state index in [4.69, 9.17) is 11.6 Å². The maximum absolute atomic E-state index is 11.9. The van der Waals surface area contributed by atoms with Crippen LogP contribution in [0.15, 0.2) is 24.3 Å². The zero-order valence-corrected chi connectivity index (χ0v) is 11.5. The van der Waals surface area contributed by atoms with Gasteiger partial charge in [-0.05, 0) is 37.1 Å². The maximum atomic E-state index is 11.9. The van der Waals surface area contributed by atoms with Gasteiger partial charge in [-0.25, -0.2) is 0 Å². The fraction of sp³-hybridized carbons (Fsp3) is 0.357. The molecule has 1 amide bonds. The number of H-pyrrole nitrogens is 1. The molecule has 0 fully saturated rings. The summed E-state index contributed by atoms with van der Waals surface area (Å²) in [6, 6.07) is 7.20. The van der Waals surface area contributed by atoms with Crippen molar-refractivity contribution < 1.29 is 9.90 Å².